The van der Waals surface area contributed by atoms with Crippen molar-refractivity contribution in [1.82, 2.24) is 4.98 Å². The zero-order valence-electron chi connectivity index (χ0n) is 9.28. The number of rotatable bonds is 2. The number of fused-ring (bicyclic) bond motifs is 1. The molecule has 17 heavy (non-hydrogen) atoms. The third-order valence-corrected chi connectivity index (χ3v) is 2.65. The van der Waals surface area contributed by atoms with Crippen LogP contribution in [-0.4, -0.2) is 16.1 Å². The van der Waals surface area contributed by atoms with E-state index in [1.165, 1.54) is 0 Å². The van der Waals surface area contributed by atoms with E-state index in [9.17, 15) is 9.59 Å². The average Bonchev–Trinajstić information content (AvgIpc) is 2.24. The fourth-order valence-corrected chi connectivity index (χ4v) is 1.84. The molecule has 0 amide bonds. The molecule has 2 rings (SSSR count). The number of pyridine rings is 1. The molecule has 4 N–H and O–H groups in total. The molecule has 0 aliphatic heterocycles. The summed E-state index contributed by atoms with van der Waals surface area (Å²) in [6.45, 7) is 1.89. The lowest BCUT2D eigenvalue weighted by Crippen LogP contribution is -2.17. The van der Waals surface area contributed by atoms with Crippen molar-refractivity contribution in [3.8, 4) is 0 Å². The van der Waals surface area contributed by atoms with Crippen LogP contribution in [0.2, 0.25) is 0 Å². The van der Waals surface area contributed by atoms with E-state index in [-0.39, 0.29) is 12.1 Å². The number of hydrogen-bond acceptors (Lipinski definition) is 3. The Hall–Kier alpha value is -2.30. The van der Waals surface area contributed by atoms with Crippen molar-refractivity contribution in [2.45, 2.75) is 13.3 Å². The molecule has 1 heterocycles. The molecular weight excluding hydrogens is 220 g/mol. The molecule has 0 aliphatic carbocycles. The highest BCUT2D eigenvalue weighted by Crippen LogP contribution is 2.21. The third kappa shape index (κ3) is 1.99. The number of aryl methyl sites for hydroxylation is 1. The lowest BCUT2D eigenvalue weighted by Gasteiger charge is -2.08. The Morgan fingerprint density at radius 1 is 1.47 bits per heavy atom. The summed E-state index contributed by atoms with van der Waals surface area (Å²) < 4.78 is 0. The minimum absolute atomic E-state index is 0.0243. The van der Waals surface area contributed by atoms with Gasteiger partial charge in [0.2, 0.25) is 0 Å². The monoisotopic (exact) mass is 232 g/mol. The number of carboxylic acid groups (broad SMARTS) is 1. The molecule has 88 valence electrons. The summed E-state index contributed by atoms with van der Waals surface area (Å²) in [4.78, 5) is 25.0. The molecular formula is C12H12N2O3. The molecule has 0 spiro atoms. The van der Waals surface area contributed by atoms with Crippen molar-refractivity contribution < 1.29 is 9.90 Å². The maximum atomic E-state index is 11.6. The Bertz CT molecular complexity index is 659. The van der Waals surface area contributed by atoms with Gasteiger partial charge in [-0.3, -0.25) is 9.59 Å². The first kappa shape index (κ1) is 11.2. The first-order valence-corrected chi connectivity index (χ1v) is 5.12. The molecule has 5 heteroatoms. The summed E-state index contributed by atoms with van der Waals surface area (Å²) in [6.07, 6.45) is -0.255. The number of anilines is 1. The first-order chi connectivity index (χ1) is 7.99. The molecule has 5 nitrogen and oxygen atoms in total. The summed E-state index contributed by atoms with van der Waals surface area (Å²) in [5, 5.41) is 9.50. The zero-order chi connectivity index (χ0) is 12.6. The highest BCUT2D eigenvalue weighted by molar-refractivity contribution is 5.90. The highest BCUT2D eigenvalue weighted by atomic mass is 16.4. The molecule has 0 saturated carbocycles. The van der Waals surface area contributed by atoms with Gasteiger partial charge in [0, 0.05) is 16.5 Å². The summed E-state index contributed by atoms with van der Waals surface area (Å²) in [6, 6.07) is 5.42. The molecule has 0 bridgehead atoms. The maximum absolute atomic E-state index is 11.6. The molecule has 0 atom stereocenters. The fourth-order valence-electron chi connectivity index (χ4n) is 1.84. The van der Waals surface area contributed by atoms with Gasteiger partial charge in [-0.05, 0) is 18.6 Å². The summed E-state index contributed by atoms with van der Waals surface area (Å²) in [5.41, 5.74) is 7.13. The first-order valence-electron chi connectivity index (χ1n) is 5.12. The zero-order valence-corrected chi connectivity index (χ0v) is 9.28. The van der Waals surface area contributed by atoms with Crippen LogP contribution in [0.5, 0.6) is 0 Å². The minimum Gasteiger partial charge on any atom is -0.481 e. The van der Waals surface area contributed by atoms with Crippen molar-refractivity contribution in [3.63, 3.8) is 0 Å². The SMILES string of the molecule is Cc1ccc2c(CC(=O)O)c(N)c(=O)[nH]c2c1. The van der Waals surface area contributed by atoms with Gasteiger partial charge in [0.1, 0.15) is 5.69 Å². The van der Waals surface area contributed by atoms with Crippen molar-refractivity contribution in [2.24, 2.45) is 0 Å². The topological polar surface area (TPSA) is 96.2 Å². The number of benzene rings is 1. The largest absolute Gasteiger partial charge is 0.481 e. The lowest BCUT2D eigenvalue weighted by atomic mass is 10.0. The van der Waals surface area contributed by atoms with E-state index in [4.69, 9.17) is 10.8 Å². The number of aromatic nitrogens is 1. The van der Waals surface area contributed by atoms with Crippen molar-refractivity contribution in [1.29, 1.82) is 0 Å². The Balaban J connectivity index is 2.82. The standard InChI is InChI=1S/C12H12N2O3/c1-6-2-3-7-8(5-10(15)16)11(13)12(17)14-9(7)4-6/h2-4H,5,13H2,1H3,(H,14,17)(H,15,16). The molecule has 2 aromatic rings. The van der Waals surface area contributed by atoms with Gasteiger partial charge in [0.15, 0.2) is 0 Å². The molecule has 0 radical (unpaired) electrons. The number of aliphatic carboxylic acids is 1. The van der Waals surface area contributed by atoms with Gasteiger partial charge in [-0.15, -0.1) is 0 Å². The van der Waals surface area contributed by atoms with Crippen LogP contribution in [0.1, 0.15) is 11.1 Å². The van der Waals surface area contributed by atoms with Crippen molar-refractivity contribution in [3.05, 3.63) is 39.7 Å². The maximum Gasteiger partial charge on any atom is 0.307 e. The van der Waals surface area contributed by atoms with E-state index in [0.29, 0.717) is 16.5 Å². The van der Waals surface area contributed by atoms with Crippen LogP contribution in [0, 0.1) is 6.92 Å². The minimum atomic E-state index is -1.01. The van der Waals surface area contributed by atoms with Crippen molar-refractivity contribution >= 4 is 22.6 Å². The van der Waals surface area contributed by atoms with E-state index in [1.807, 2.05) is 13.0 Å². The Morgan fingerprint density at radius 2 is 2.18 bits per heavy atom. The van der Waals surface area contributed by atoms with E-state index in [1.54, 1.807) is 12.1 Å². The second-order valence-corrected chi connectivity index (χ2v) is 3.97. The highest BCUT2D eigenvalue weighted by Gasteiger charge is 2.12. The number of hydrogen-bond donors (Lipinski definition) is 3. The molecule has 0 aliphatic rings. The quantitative estimate of drug-likeness (QED) is 0.720. The van der Waals surface area contributed by atoms with Gasteiger partial charge in [0.05, 0.1) is 6.42 Å². The second-order valence-electron chi connectivity index (χ2n) is 3.97. The summed E-state index contributed by atoms with van der Waals surface area (Å²) >= 11 is 0. The van der Waals surface area contributed by atoms with Gasteiger partial charge >= 0.3 is 5.97 Å². The predicted octanol–water partition coefficient (Wildman–Crippen LogP) is 1.05. The lowest BCUT2D eigenvalue weighted by molar-refractivity contribution is -0.136. The van der Waals surface area contributed by atoms with E-state index in [0.717, 1.165) is 5.56 Å². The molecule has 0 fully saturated rings. The second kappa shape index (κ2) is 3.93. The van der Waals surface area contributed by atoms with E-state index >= 15 is 0 Å². The van der Waals surface area contributed by atoms with E-state index < -0.39 is 11.5 Å². The number of nitrogen functional groups attached to an aromatic ring is 1. The number of carboxylic acids is 1. The Morgan fingerprint density at radius 3 is 2.82 bits per heavy atom. The molecule has 1 aromatic carbocycles. The Kier molecular flexibility index (Phi) is 2.59. The average molecular weight is 232 g/mol. The van der Waals surface area contributed by atoms with Gasteiger partial charge in [0.25, 0.3) is 5.56 Å². The van der Waals surface area contributed by atoms with Crippen LogP contribution in [0.15, 0.2) is 23.0 Å². The fraction of sp³-hybridized carbons (Fsp3) is 0.167. The van der Waals surface area contributed by atoms with Crippen LogP contribution in [0.4, 0.5) is 5.69 Å². The van der Waals surface area contributed by atoms with Crippen LogP contribution in [0.25, 0.3) is 10.9 Å². The molecule has 0 unspecified atom stereocenters. The molecule has 0 saturated heterocycles. The smallest absolute Gasteiger partial charge is 0.307 e. The van der Waals surface area contributed by atoms with Crippen LogP contribution in [-0.2, 0) is 11.2 Å². The van der Waals surface area contributed by atoms with Crippen LogP contribution < -0.4 is 11.3 Å². The number of nitrogens with two attached hydrogens (primary N) is 1. The number of carbonyl (C=O) groups is 1. The normalized spacial score (nSPS) is 10.6. The Labute approximate surface area is 96.9 Å². The predicted molar refractivity (Wildman–Crippen MR) is 65.1 cm³/mol. The van der Waals surface area contributed by atoms with Gasteiger partial charge in [-0.1, -0.05) is 12.1 Å². The van der Waals surface area contributed by atoms with Gasteiger partial charge in [-0.2, -0.15) is 0 Å². The van der Waals surface area contributed by atoms with Crippen LogP contribution >= 0.6 is 0 Å². The van der Waals surface area contributed by atoms with Crippen molar-refractivity contribution in [2.75, 3.05) is 5.73 Å². The molecule has 1 aromatic heterocycles. The van der Waals surface area contributed by atoms with Crippen LogP contribution in [0.3, 0.4) is 0 Å². The number of aromatic amines is 1. The summed E-state index contributed by atoms with van der Waals surface area (Å²) in [5.74, 6) is -1.01. The third-order valence-electron chi connectivity index (χ3n) is 2.65. The van der Waals surface area contributed by atoms with Gasteiger partial charge in [-0.25, -0.2) is 0 Å². The van der Waals surface area contributed by atoms with Gasteiger partial charge < -0.3 is 15.8 Å². The van der Waals surface area contributed by atoms with E-state index in [2.05, 4.69) is 4.98 Å². The number of nitrogens with one attached hydrogen (secondary N) is 1. The number of H-pyrrole nitrogens is 1. The summed E-state index contributed by atoms with van der Waals surface area (Å²) in [7, 11) is 0.